The lowest BCUT2D eigenvalue weighted by molar-refractivity contribution is -0.141. The van der Waals surface area contributed by atoms with Crippen LogP contribution in [0.3, 0.4) is 0 Å². The fourth-order valence-corrected chi connectivity index (χ4v) is 1.78. The van der Waals surface area contributed by atoms with Crippen LogP contribution in [0.15, 0.2) is 0 Å². The minimum atomic E-state index is -0.182. The van der Waals surface area contributed by atoms with Gasteiger partial charge in [-0.1, -0.05) is 0 Å². The number of ether oxygens (including phenoxy) is 2. The lowest BCUT2D eigenvalue weighted by Crippen LogP contribution is -2.29. The van der Waals surface area contributed by atoms with E-state index in [1.807, 2.05) is 0 Å². The standard InChI is InChI=1S/C11H20N2O4/c1-16-10(14)3-5-12-7-8-13(9-12)6-4-11(15)17-2/h3-9H2,1-2H3. The second-order valence-corrected chi connectivity index (χ2v) is 4.03. The molecule has 1 aliphatic rings. The summed E-state index contributed by atoms with van der Waals surface area (Å²) in [5, 5.41) is 0. The molecule has 0 bridgehead atoms. The minimum Gasteiger partial charge on any atom is -0.469 e. The Morgan fingerprint density at radius 3 is 1.71 bits per heavy atom. The second-order valence-electron chi connectivity index (χ2n) is 4.03. The topological polar surface area (TPSA) is 59.1 Å². The molecule has 0 aromatic rings. The summed E-state index contributed by atoms with van der Waals surface area (Å²) in [6.45, 7) is 4.08. The number of rotatable bonds is 6. The summed E-state index contributed by atoms with van der Waals surface area (Å²) in [6.07, 6.45) is 0.836. The van der Waals surface area contributed by atoms with E-state index < -0.39 is 0 Å². The van der Waals surface area contributed by atoms with Crippen LogP contribution < -0.4 is 0 Å². The third-order valence-electron chi connectivity index (χ3n) is 2.85. The van der Waals surface area contributed by atoms with Crippen molar-refractivity contribution in [1.29, 1.82) is 0 Å². The highest BCUT2D eigenvalue weighted by molar-refractivity contribution is 5.69. The van der Waals surface area contributed by atoms with Crippen molar-refractivity contribution >= 4 is 11.9 Å². The molecule has 0 aromatic carbocycles. The van der Waals surface area contributed by atoms with Crippen LogP contribution in [0.2, 0.25) is 0 Å². The number of hydrogen-bond donors (Lipinski definition) is 0. The highest BCUT2D eigenvalue weighted by Gasteiger charge is 2.20. The molecular formula is C11H20N2O4. The molecule has 0 unspecified atom stereocenters. The second kappa shape index (κ2) is 7.24. The monoisotopic (exact) mass is 244 g/mol. The van der Waals surface area contributed by atoms with Gasteiger partial charge in [-0.25, -0.2) is 0 Å². The van der Waals surface area contributed by atoms with Gasteiger partial charge < -0.3 is 9.47 Å². The normalized spacial score (nSPS) is 17.1. The molecule has 1 saturated heterocycles. The molecule has 0 aliphatic carbocycles. The van der Waals surface area contributed by atoms with Gasteiger partial charge in [-0.2, -0.15) is 0 Å². The zero-order valence-corrected chi connectivity index (χ0v) is 10.5. The summed E-state index contributed by atoms with van der Waals surface area (Å²) in [4.78, 5) is 26.3. The smallest absolute Gasteiger partial charge is 0.306 e. The fraction of sp³-hybridized carbons (Fsp3) is 0.818. The van der Waals surface area contributed by atoms with E-state index in [1.54, 1.807) is 0 Å². The lowest BCUT2D eigenvalue weighted by atomic mass is 10.4. The summed E-state index contributed by atoms with van der Waals surface area (Å²) in [7, 11) is 2.80. The SMILES string of the molecule is COC(=O)CCN1CCN(CCC(=O)OC)C1. The largest absolute Gasteiger partial charge is 0.469 e. The summed E-state index contributed by atoms with van der Waals surface area (Å²) < 4.78 is 9.18. The average molecular weight is 244 g/mol. The molecule has 0 N–H and O–H groups in total. The number of nitrogens with zero attached hydrogens (tertiary/aromatic N) is 2. The first-order chi connectivity index (χ1) is 8.15. The van der Waals surface area contributed by atoms with Gasteiger partial charge >= 0.3 is 11.9 Å². The first-order valence-electron chi connectivity index (χ1n) is 5.74. The first-order valence-corrected chi connectivity index (χ1v) is 5.74. The van der Waals surface area contributed by atoms with E-state index >= 15 is 0 Å². The average Bonchev–Trinajstić information content (AvgIpc) is 2.80. The number of carbonyl (C=O) groups excluding carboxylic acids is 2. The molecule has 1 aliphatic heterocycles. The summed E-state index contributed by atoms with van der Waals surface area (Å²) in [5.74, 6) is -0.365. The molecule has 6 heteroatoms. The van der Waals surface area contributed by atoms with Crippen LogP contribution in [0.4, 0.5) is 0 Å². The zero-order chi connectivity index (χ0) is 12.7. The molecule has 98 valence electrons. The number of hydrogen-bond acceptors (Lipinski definition) is 6. The van der Waals surface area contributed by atoms with Crippen molar-refractivity contribution in [3.05, 3.63) is 0 Å². The molecule has 0 amide bonds. The Labute approximate surface area is 101 Å². The van der Waals surface area contributed by atoms with Gasteiger partial charge in [0, 0.05) is 26.2 Å². The molecule has 0 radical (unpaired) electrons. The van der Waals surface area contributed by atoms with Gasteiger partial charge in [-0.15, -0.1) is 0 Å². The molecular weight excluding hydrogens is 224 g/mol. The third-order valence-corrected chi connectivity index (χ3v) is 2.85. The molecule has 6 nitrogen and oxygen atoms in total. The van der Waals surface area contributed by atoms with Crippen molar-refractivity contribution in [1.82, 2.24) is 9.80 Å². The van der Waals surface area contributed by atoms with E-state index in [4.69, 9.17) is 0 Å². The number of methoxy groups -OCH3 is 2. The number of esters is 2. The maximum atomic E-state index is 11.0. The third kappa shape index (κ3) is 5.14. The lowest BCUT2D eigenvalue weighted by Gasteiger charge is -2.16. The van der Waals surface area contributed by atoms with E-state index in [9.17, 15) is 9.59 Å². The van der Waals surface area contributed by atoms with E-state index in [0.717, 1.165) is 19.8 Å². The van der Waals surface area contributed by atoms with Crippen LogP contribution in [0.5, 0.6) is 0 Å². The predicted octanol–water partition coefficient (Wildman–Crippen LogP) is -0.312. The Balaban J connectivity index is 2.14. The van der Waals surface area contributed by atoms with Crippen molar-refractivity contribution in [2.24, 2.45) is 0 Å². The van der Waals surface area contributed by atoms with Crippen LogP contribution in [0.1, 0.15) is 12.8 Å². The fourth-order valence-electron chi connectivity index (χ4n) is 1.78. The molecule has 0 aromatic heterocycles. The number of carbonyl (C=O) groups is 2. The Morgan fingerprint density at radius 1 is 0.941 bits per heavy atom. The van der Waals surface area contributed by atoms with Crippen LogP contribution in [-0.2, 0) is 19.1 Å². The Hall–Kier alpha value is -1.14. The minimum absolute atomic E-state index is 0.182. The Kier molecular flexibility index (Phi) is 5.93. The van der Waals surface area contributed by atoms with Crippen molar-refractivity contribution in [3.8, 4) is 0 Å². The van der Waals surface area contributed by atoms with Crippen LogP contribution in [0, 0.1) is 0 Å². The molecule has 1 heterocycles. The quantitative estimate of drug-likeness (QED) is 0.597. The van der Waals surface area contributed by atoms with E-state index in [2.05, 4.69) is 19.3 Å². The summed E-state index contributed by atoms with van der Waals surface area (Å²) in [6, 6.07) is 0. The van der Waals surface area contributed by atoms with Crippen molar-refractivity contribution in [3.63, 3.8) is 0 Å². The van der Waals surface area contributed by atoms with E-state index in [0.29, 0.717) is 25.9 Å². The Bertz CT molecular complexity index is 244. The predicted molar refractivity (Wildman–Crippen MR) is 61.3 cm³/mol. The van der Waals surface area contributed by atoms with Gasteiger partial charge in [-0.05, 0) is 0 Å². The van der Waals surface area contributed by atoms with E-state index in [-0.39, 0.29) is 11.9 Å². The van der Waals surface area contributed by atoms with Crippen LogP contribution in [0.25, 0.3) is 0 Å². The maximum absolute atomic E-state index is 11.0. The van der Waals surface area contributed by atoms with Gasteiger partial charge in [0.05, 0.1) is 33.7 Å². The molecule has 0 spiro atoms. The van der Waals surface area contributed by atoms with Gasteiger partial charge in [0.1, 0.15) is 0 Å². The van der Waals surface area contributed by atoms with Gasteiger partial charge in [0.25, 0.3) is 0 Å². The molecule has 1 fully saturated rings. The van der Waals surface area contributed by atoms with Crippen molar-refractivity contribution in [2.45, 2.75) is 12.8 Å². The molecule has 0 saturated carbocycles. The van der Waals surface area contributed by atoms with Gasteiger partial charge in [-0.3, -0.25) is 19.4 Å². The maximum Gasteiger partial charge on any atom is 0.306 e. The molecule has 1 rings (SSSR count). The zero-order valence-electron chi connectivity index (χ0n) is 10.5. The molecule has 17 heavy (non-hydrogen) atoms. The van der Waals surface area contributed by atoms with Crippen molar-refractivity contribution in [2.75, 3.05) is 47.1 Å². The summed E-state index contributed by atoms with van der Waals surface area (Å²) >= 11 is 0. The Morgan fingerprint density at radius 2 is 1.35 bits per heavy atom. The highest BCUT2D eigenvalue weighted by atomic mass is 16.5. The van der Waals surface area contributed by atoms with Crippen LogP contribution >= 0.6 is 0 Å². The highest BCUT2D eigenvalue weighted by Crippen LogP contribution is 2.06. The molecule has 0 atom stereocenters. The van der Waals surface area contributed by atoms with Crippen molar-refractivity contribution < 1.29 is 19.1 Å². The van der Waals surface area contributed by atoms with Gasteiger partial charge in [0.2, 0.25) is 0 Å². The van der Waals surface area contributed by atoms with E-state index in [1.165, 1.54) is 14.2 Å². The first kappa shape index (κ1) is 13.9. The van der Waals surface area contributed by atoms with Crippen LogP contribution in [-0.4, -0.2) is 68.8 Å². The van der Waals surface area contributed by atoms with Gasteiger partial charge in [0.15, 0.2) is 0 Å². The summed E-state index contributed by atoms with van der Waals surface area (Å²) in [5.41, 5.74) is 0.